The van der Waals surface area contributed by atoms with Gasteiger partial charge in [0.05, 0.1) is 10.5 Å². The van der Waals surface area contributed by atoms with Gasteiger partial charge in [-0.05, 0) is 48.5 Å². The smallest absolute Gasteiger partial charge is 0.277 e. The molecule has 0 unspecified atom stereocenters. The van der Waals surface area contributed by atoms with Gasteiger partial charge in [-0.3, -0.25) is 4.79 Å². The Morgan fingerprint density at radius 3 is 2.35 bits per heavy atom. The molecule has 128 valence electrons. The van der Waals surface area contributed by atoms with Gasteiger partial charge in [-0.15, -0.1) is 0 Å². The number of hydrogen-bond acceptors (Lipinski definition) is 3. The van der Waals surface area contributed by atoms with E-state index in [1.807, 2.05) is 48.5 Å². The van der Waals surface area contributed by atoms with Crippen molar-refractivity contribution in [3.63, 3.8) is 0 Å². The highest BCUT2D eigenvalue weighted by molar-refractivity contribution is 6.37. The number of amides is 1. The van der Waals surface area contributed by atoms with E-state index in [-0.39, 0.29) is 11.6 Å². The van der Waals surface area contributed by atoms with E-state index in [1.165, 1.54) is 0 Å². The predicted molar refractivity (Wildman–Crippen MR) is 101 cm³/mol. The predicted octanol–water partition coefficient (Wildman–Crippen LogP) is 5.03. The maximum atomic E-state index is 12.5. The molecule has 0 radical (unpaired) electrons. The lowest BCUT2D eigenvalue weighted by atomic mass is 10.2. The number of ether oxygens (including phenoxy) is 1. The fraction of sp³-hybridized carbons (Fsp3) is 0. The molecule has 0 fully saturated rings. The van der Waals surface area contributed by atoms with Gasteiger partial charge < -0.3 is 10.1 Å². The summed E-state index contributed by atoms with van der Waals surface area (Å²) in [6, 6.07) is 22.1. The average Bonchev–Trinajstić information content (AvgIpc) is 3.01. The van der Waals surface area contributed by atoms with Crippen molar-refractivity contribution in [2.45, 2.75) is 0 Å². The Kier molecular flexibility index (Phi) is 4.29. The van der Waals surface area contributed by atoms with Gasteiger partial charge in [-0.1, -0.05) is 35.9 Å². The van der Waals surface area contributed by atoms with Crippen LogP contribution in [0.3, 0.4) is 0 Å². The Balaban J connectivity index is 1.49. The number of para-hydroxylation sites is 1. The van der Waals surface area contributed by atoms with E-state index in [0.29, 0.717) is 22.0 Å². The number of aromatic nitrogens is 2. The molecule has 4 rings (SSSR count). The molecule has 0 saturated carbocycles. The summed E-state index contributed by atoms with van der Waals surface area (Å²) in [5.41, 5.74) is 1.50. The summed E-state index contributed by atoms with van der Waals surface area (Å²) in [4.78, 5) is 12.5. The summed E-state index contributed by atoms with van der Waals surface area (Å²) in [6.07, 6.45) is 1.74. The zero-order chi connectivity index (χ0) is 17.9. The maximum absolute atomic E-state index is 12.5. The van der Waals surface area contributed by atoms with Gasteiger partial charge in [0.2, 0.25) is 0 Å². The Morgan fingerprint density at radius 2 is 1.62 bits per heavy atom. The molecule has 2 heterocycles. The van der Waals surface area contributed by atoms with Gasteiger partial charge in [0.1, 0.15) is 11.5 Å². The molecule has 0 aliphatic rings. The monoisotopic (exact) mass is 363 g/mol. The summed E-state index contributed by atoms with van der Waals surface area (Å²) in [5.74, 6) is 1.07. The van der Waals surface area contributed by atoms with Crippen LogP contribution in [-0.2, 0) is 0 Å². The molecule has 1 amide bonds. The molecule has 2 aromatic carbocycles. The second-order valence-electron chi connectivity index (χ2n) is 5.59. The van der Waals surface area contributed by atoms with E-state index < -0.39 is 0 Å². The SMILES string of the molecule is O=C(Nc1ccc(Oc2ccccc2)cc1)c1nn2ccccc2c1Cl. The van der Waals surface area contributed by atoms with Crippen LogP contribution in [0.2, 0.25) is 5.02 Å². The molecule has 0 spiro atoms. The fourth-order valence-electron chi connectivity index (χ4n) is 2.53. The van der Waals surface area contributed by atoms with Crippen molar-refractivity contribution < 1.29 is 9.53 Å². The molecule has 2 aromatic heterocycles. The van der Waals surface area contributed by atoms with Crippen LogP contribution in [0, 0.1) is 0 Å². The summed E-state index contributed by atoms with van der Waals surface area (Å²) in [5, 5.41) is 7.35. The molecule has 4 aromatic rings. The minimum Gasteiger partial charge on any atom is -0.457 e. The van der Waals surface area contributed by atoms with Crippen molar-refractivity contribution >= 4 is 28.7 Å². The topological polar surface area (TPSA) is 55.6 Å². The highest BCUT2D eigenvalue weighted by Crippen LogP contribution is 2.25. The van der Waals surface area contributed by atoms with Crippen LogP contribution in [0.4, 0.5) is 5.69 Å². The first-order valence-corrected chi connectivity index (χ1v) is 8.36. The third kappa shape index (κ3) is 3.25. The quantitative estimate of drug-likeness (QED) is 0.553. The Hall–Kier alpha value is -3.31. The van der Waals surface area contributed by atoms with Crippen molar-refractivity contribution in [1.82, 2.24) is 9.61 Å². The largest absolute Gasteiger partial charge is 0.457 e. The number of rotatable bonds is 4. The second kappa shape index (κ2) is 6.90. The first-order chi connectivity index (χ1) is 12.7. The maximum Gasteiger partial charge on any atom is 0.277 e. The lowest BCUT2D eigenvalue weighted by Gasteiger charge is -2.07. The number of hydrogen-bond donors (Lipinski definition) is 1. The van der Waals surface area contributed by atoms with E-state index >= 15 is 0 Å². The third-order valence-electron chi connectivity index (χ3n) is 3.79. The molecular formula is C20H14ClN3O2. The zero-order valence-electron chi connectivity index (χ0n) is 13.6. The highest BCUT2D eigenvalue weighted by Gasteiger charge is 2.17. The first-order valence-electron chi connectivity index (χ1n) is 7.98. The number of nitrogens with zero attached hydrogens (tertiary/aromatic N) is 2. The lowest BCUT2D eigenvalue weighted by Crippen LogP contribution is -2.13. The van der Waals surface area contributed by atoms with Gasteiger partial charge in [0.25, 0.3) is 5.91 Å². The van der Waals surface area contributed by atoms with Crippen LogP contribution in [0.15, 0.2) is 79.0 Å². The summed E-state index contributed by atoms with van der Waals surface area (Å²) in [6.45, 7) is 0. The minimum atomic E-state index is -0.365. The molecule has 1 N–H and O–H groups in total. The van der Waals surface area contributed by atoms with Crippen LogP contribution < -0.4 is 10.1 Å². The summed E-state index contributed by atoms with van der Waals surface area (Å²) >= 11 is 6.27. The van der Waals surface area contributed by atoms with Gasteiger partial charge in [0, 0.05) is 11.9 Å². The Morgan fingerprint density at radius 1 is 0.923 bits per heavy atom. The number of carbonyl (C=O) groups excluding carboxylic acids is 1. The first kappa shape index (κ1) is 16.2. The zero-order valence-corrected chi connectivity index (χ0v) is 14.4. The highest BCUT2D eigenvalue weighted by atomic mass is 35.5. The summed E-state index contributed by atoms with van der Waals surface area (Å²) < 4.78 is 7.31. The molecule has 0 atom stereocenters. The second-order valence-corrected chi connectivity index (χ2v) is 5.96. The van der Waals surface area contributed by atoms with Gasteiger partial charge >= 0.3 is 0 Å². The number of pyridine rings is 1. The number of fused-ring (bicyclic) bond motifs is 1. The van der Waals surface area contributed by atoms with Crippen molar-refractivity contribution in [2.75, 3.05) is 5.32 Å². The van der Waals surface area contributed by atoms with Gasteiger partial charge in [0.15, 0.2) is 5.69 Å². The van der Waals surface area contributed by atoms with Crippen LogP contribution in [-0.4, -0.2) is 15.5 Å². The fourth-order valence-corrected chi connectivity index (χ4v) is 2.81. The molecule has 26 heavy (non-hydrogen) atoms. The van der Waals surface area contributed by atoms with Gasteiger partial charge in [-0.2, -0.15) is 5.10 Å². The average molecular weight is 364 g/mol. The molecule has 0 aliphatic carbocycles. The van der Waals surface area contributed by atoms with Crippen molar-refractivity contribution in [2.24, 2.45) is 0 Å². The number of halogens is 1. The van der Waals surface area contributed by atoms with Gasteiger partial charge in [-0.25, -0.2) is 4.52 Å². The van der Waals surface area contributed by atoms with Crippen molar-refractivity contribution in [1.29, 1.82) is 0 Å². The number of carbonyl (C=O) groups is 1. The van der Waals surface area contributed by atoms with Crippen molar-refractivity contribution in [3.05, 3.63) is 89.7 Å². The molecule has 0 bridgehead atoms. The molecule has 0 aliphatic heterocycles. The Bertz CT molecular complexity index is 1060. The van der Waals surface area contributed by atoms with E-state index in [4.69, 9.17) is 16.3 Å². The van der Waals surface area contributed by atoms with Crippen LogP contribution >= 0.6 is 11.6 Å². The van der Waals surface area contributed by atoms with E-state index in [0.717, 1.165) is 5.75 Å². The van der Waals surface area contributed by atoms with E-state index in [2.05, 4.69) is 10.4 Å². The van der Waals surface area contributed by atoms with E-state index in [1.54, 1.807) is 35.0 Å². The molecule has 0 saturated heterocycles. The number of nitrogens with one attached hydrogen (secondary N) is 1. The van der Waals surface area contributed by atoms with E-state index in [9.17, 15) is 4.79 Å². The Labute approximate surface area is 154 Å². The lowest BCUT2D eigenvalue weighted by molar-refractivity contribution is 0.102. The van der Waals surface area contributed by atoms with Crippen molar-refractivity contribution in [3.8, 4) is 11.5 Å². The number of anilines is 1. The van der Waals surface area contributed by atoms with Crippen LogP contribution in [0.25, 0.3) is 5.52 Å². The standard InChI is InChI=1S/C20H14ClN3O2/c21-18-17-8-4-5-13-24(17)23-19(18)20(25)22-14-9-11-16(12-10-14)26-15-6-2-1-3-7-15/h1-13H,(H,22,25). The third-order valence-corrected chi connectivity index (χ3v) is 4.16. The van der Waals surface area contributed by atoms with Crippen LogP contribution in [0.5, 0.6) is 11.5 Å². The molecule has 5 nitrogen and oxygen atoms in total. The number of benzene rings is 2. The van der Waals surface area contributed by atoms with Crippen LogP contribution in [0.1, 0.15) is 10.5 Å². The molecular weight excluding hydrogens is 350 g/mol. The summed E-state index contributed by atoms with van der Waals surface area (Å²) in [7, 11) is 0. The normalized spacial score (nSPS) is 10.7. The minimum absolute atomic E-state index is 0.183. The molecule has 6 heteroatoms.